The number of rotatable bonds is 4. The van der Waals surface area contributed by atoms with E-state index in [4.69, 9.17) is 28.5 Å². The lowest BCUT2D eigenvalue weighted by Crippen LogP contribution is -1.78. The number of benzene rings is 1. The fourth-order valence-electron chi connectivity index (χ4n) is 0.805. The predicted octanol–water partition coefficient (Wildman–Crippen LogP) is 4.29. The van der Waals surface area contributed by atoms with E-state index in [-0.39, 0.29) is 0 Å². The van der Waals surface area contributed by atoms with Gasteiger partial charge >= 0.3 is 0 Å². The van der Waals surface area contributed by atoms with Crippen LogP contribution < -0.4 is 0 Å². The van der Waals surface area contributed by atoms with Gasteiger partial charge in [0.05, 0.1) is 15.6 Å². The van der Waals surface area contributed by atoms with Crippen molar-refractivity contribution in [1.29, 1.82) is 5.26 Å². The lowest BCUT2D eigenvalue weighted by Gasteiger charge is -2.04. The van der Waals surface area contributed by atoms with Crippen molar-refractivity contribution in [3.63, 3.8) is 0 Å². The minimum atomic E-state index is 0.644. The van der Waals surface area contributed by atoms with E-state index in [0.29, 0.717) is 15.1 Å². The summed E-state index contributed by atoms with van der Waals surface area (Å²) >= 11 is 14.9. The van der Waals surface area contributed by atoms with Crippen molar-refractivity contribution in [2.45, 2.75) is 4.90 Å². The Morgan fingerprint density at radius 1 is 1.40 bits per heavy atom. The summed E-state index contributed by atoms with van der Waals surface area (Å²) in [5.74, 6) is 0. The number of thioether (sulfide) groups is 2. The molecule has 1 aromatic rings. The first-order chi connectivity index (χ1) is 7.25. The molecule has 0 radical (unpaired) electrons. The van der Waals surface area contributed by atoms with E-state index in [1.807, 2.05) is 0 Å². The molecule has 0 saturated heterocycles. The second-order valence-electron chi connectivity index (χ2n) is 2.31. The quantitative estimate of drug-likeness (QED) is 0.206. The van der Waals surface area contributed by atoms with Gasteiger partial charge in [-0.3, -0.25) is 0 Å². The maximum absolute atomic E-state index is 8.16. The molecule has 0 fully saturated rings. The van der Waals surface area contributed by atoms with Gasteiger partial charge in [0.1, 0.15) is 0 Å². The van der Waals surface area contributed by atoms with Crippen molar-refractivity contribution in [3.8, 4) is 6.19 Å². The third-order valence-electron chi connectivity index (χ3n) is 1.38. The minimum absolute atomic E-state index is 0.644. The molecule has 1 rings (SSSR count). The largest absolute Gasteiger partial charge is 0.206 e. The molecule has 0 saturated carbocycles. The molecule has 0 N–H and O–H groups in total. The van der Waals surface area contributed by atoms with Crippen molar-refractivity contribution in [2.75, 3.05) is 5.08 Å². The molecular weight excluding hydrogens is 271 g/mol. The van der Waals surface area contributed by atoms with E-state index in [9.17, 15) is 0 Å². The van der Waals surface area contributed by atoms with Crippen molar-refractivity contribution in [3.05, 3.63) is 28.2 Å². The Hall–Kier alpha value is -0.340. The topological polar surface area (TPSA) is 36.1 Å². The second-order valence-corrected chi connectivity index (χ2v) is 5.31. The van der Waals surface area contributed by atoms with Crippen LogP contribution in [0.4, 0.5) is 0 Å². The van der Waals surface area contributed by atoms with Gasteiger partial charge in [0.25, 0.3) is 0 Å². The van der Waals surface area contributed by atoms with Crippen molar-refractivity contribution in [2.24, 2.45) is 4.99 Å². The SMILES string of the molecule is N#CN=CSCSc1c(Cl)cccc1Cl. The molecule has 0 amide bonds. The average molecular weight is 277 g/mol. The van der Waals surface area contributed by atoms with Crippen LogP contribution in [0.2, 0.25) is 10.0 Å². The summed E-state index contributed by atoms with van der Waals surface area (Å²) in [4.78, 5) is 4.27. The molecule has 0 aliphatic rings. The van der Waals surface area contributed by atoms with Crippen LogP contribution >= 0.6 is 46.7 Å². The Balaban J connectivity index is 2.51. The Morgan fingerprint density at radius 2 is 2.07 bits per heavy atom. The van der Waals surface area contributed by atoms with Gasteiger partial charge in [-0.1, -0.05) is 29.3 Å². The van der Waals surface area contributed by atoms with Crippen LogP contribution in [0.15, 0.2) is 28.1 Å². The standard InChI is InChI=1S/C9H6Cl2N2S2/c10-7-2-1-3-8(11)9(7)15-6-14-5-13-4-12/h1-3,5H,6H2. The third-order valence-corrected chi connectivity index (χ3v) is 4.23. The Kier molecular flexibility index (Phi) is 5.96. The summed E-state index contributed by atoms with van der Waals surface area (Å²) in [5.41, 5.74) is 1.50. The molecule has 1 aromatic carbocycles. The highest BCUT2D eigenvalue weighted by Crippen LogP contribution is 2.35. The lowest BCUT2D eigenvalue weighted by atomic mass is 10.4. The highest BCUT2D eigenvalue weighted by Gasteiger charge is 2.04. The zero-order valence-corrected chi connectivity index (χ0v) is 10.6. The summed E-state index contributed by atoms with van der Waals surface area (Å²) in [6, 6.07) is 5.40. The maximum Gasteiger partial charge on any atom is 0.206 e. The lowest BCUT2D eigenvalue weighted by molar-refractivity contribution is 1.45. The van der Waals surface area contributed by atoms with Crippen LogP contribution in [0.1, 0.15) is 0 Å². The molecule has 0 heterocycles. The zero-order chi connectivity index (χ0) is 11.1. The van der Waals surface area contributed by atoms with Crippen molar-refractivity contribution < 1.29 is 0 Å². The van der Waals surface area contributed by atoms with Crippen LogP contribution in [0.25, 0.3) is 0 Å². The van der Waals surface area contributed by atoms with E-state index in [1.165, 1.54) is 29.1 Å². The van der Waals surface area contributed by atoms with Crippen LogP contribution in [0.3, 0.4) is 0 Å². The molecule has 0 spiro atoms. The molecule has 2 nitrogen and oxygen atoms in total. The van der Waals surface area contributed by atoms with E-state index in [1.54, 1.807) is 24.4 Å². The zero-order valence-electron chi connectivity index (χ0n) is 7.48. The number of nitriles is 1. The fourth-order valence-corrected chi connectivity index (χ4v) is 3.05. The third kappa shape index (κ3) is 4.35. The molecule has 6 heteroatoms. The molecule has 0 unspecified atom stereocenters. The van der Waals surface area contributed by atoms with Crippen molar-refractivity contribution in [1.82, 2.24) is 0 Å². The van der Waals surface area contributed by atoms with Gasteiger partial charge in [-0.05, 0) is 12.1 Å². The first-order valence-corrected chi connectivity index (χ1v) is 6.63. The highest BCUT2D eigenvalue weighted by molar-refractivity contribution is 8.23. The van der Waals surface area contributed by atoms with Gasteiger partial charge in [-0.25, -0.2) is 0 Å². The van der Waals surface area contributed by atoms with Crippen LogP contribution in [-0.2, 0) is 0 Å². The number of hydrogen-bond donors (Lipinski definition) is 0. The first-order valence-electron chi connectivity index (χ1n) is 3.84. The van der Waals surface area contributed by atoms with Gasteiger partial charge in [0.2, 0.25) is 6.19 Å². The monoisotopic (exact) mass is 276 g/mol. The smallest absolute Gasteiger partial charge is 0.175 e. The van der Waals surface area contributed by atoms with Gasteiger partial charge < -0.3 is 0 Å². The minimum Gasteiger partial charge on any atom is -0.175 e. The highest BCUT2D eigenvalue weighted by atomic mass is 35.5. The number of aliphatic imine (C=N–C) groups is 1. The van der Waals surface area contributed by atoms with E-state index >= 15 is 0 Å². The molecule has 0 atom stereocenters. The predicted molar refractivity (Wildman–Crippen MR) is 68.9 cm³/mol. The first kappa shape index (κ1) is 12.7. The van der Waals surface area contributed by atoms with Crippen LogP contribution in [0, 0.1) is 11.5 Å². The number of halogens is 2. The molecule has 15 heavy (non-hydrogen) atoms. The normalized spacial score (nSPS) is 10.5. The summed E-state index contributed by atoms with van der Waals surface area (Å²) in [6.45, 7) is 0. The van der Waals surface area contributed by atoms with Gasteiger partial charge in [0.15, 0.2) is 0 Å². The van der Waals surface area contributed by atoms with E-state index < -0.39 is 0 Å². The summed E-state index contributed by atoms with van der Waals surface area (Å²) < 4.78 is 0. The molecule has 0 aliphatic heterocycles. The summed E-state index contributed by atoms with van der Waals surface area (Å²) in [5, 5.41) is 10.2. The van der Waals surface area contributed by atoms with Crippen LogP contribution in [-0.4, -0.2) is 10.6 Å². The number of hydrogen-bond acceptors (Lipinski definition) is 4. The van der Waals surface area contributed by atoms with Gasteiger partial charge in [-0.2, -0.15) is 10.3 Å². The van der Waals surface area contributed by atoms with E-state index in [2.05, 4.69) is 4.99 Å². The summed E-state index contributed by atoms with van der Waals surface area (Å²) in [6.07, 6.45) is 1.68. The molecule has 0 bridgehead atoms. The van der Waals surface area contributed by atoms with Gasteiger partial charge in [-0.15, -0.1) is 23.5 Å². The Labute approximate surface area is 107 Å². The van der Waals surface area contributed by atoms with Crippen molar-refractivity contribution >= 4 is 52.3 Å². The maximum atomic E-state index is 8.16. The van der Waals surface area contributed by atoms with E-state index in [0.717, 1.165) is 4.90 Å². The molecule has 0 aliphatic carbocycles. The summed E-state index contributed by atoms with van der Waals surface area (Å²) in [7, 11) is 0. The number of nitrogens with zero attached hydrogens (tertiary/aromatic N) is 2. The average Bonchev–Trinajstić information content (AvgIpc) is 2.21. The molecule has 0 aromatic heterocycles. The van der Waals surface area contributed by atoms with Crippen LogP contribution in [0.5, 0.6) is 0 Å². The Morgan fingerprint density at radius 3 is 2.67 bits per heavy atom. The second kappa shape index (κ2) is 7.02. The fraction of sp³-hybridized carbons (Fsp3) is 0.111. The molecule has 78 valence electrons. The van der Waals surface area contributed by atoms with Gasteiger partial charge in [0, 0.05) is 9.98 Å². The molecular formula is C9H6Cl2N2S2. The Bertz CT molecular complexity index is 381.